The number of aliphatic hydroxyl groups excluding tert-OH is 5. The number of fused-ring (bicyclic) bond motifs is 1. The first kappa shape index (κ1) is 28.9. The van der Waals surface area contributed by atoms with Crippen molar-refractivity contribution in [2.24, 2.45) is 0 Å². The fourth-order valence-electron chi connectivity index (χ4n) is 4.16. The maximum absolute atomic E-state index is 14.3. The van der Waals surface area contributed by atoms with E-state index in [0.29, 0.717) is 39.5 Å². The van der Waals surface area contributed by atoms with E-state index in [1.807, 2.05) is 0 Å². The second-order valence-corrected chi connectivity index (χ2v) is 9.13. The van der Waals surface area contributed by atoms with Gasteiger partial charge in [-0.25, -0.2) is 14.4 Å². The number of rotatable bonds is 11. The zero-order chi connectivity index (χ0) is 29.0. The van der Waals surface area contributed by atoms with Gasteiger partial charge in [0, 0.05) is 35.8 Å². The first-order valence-corrected chi connectivity index (χ1v) is 12.3. The molecular weight excluding hydrogens is 525 g/mol. The molecule has 0 bridgehead atoms. The van der Waals surface area contributed by atoms with E-state index in [4.69, 9.17) is 9.84 Å². The summed E-state index contributed by atoms with van der Waals surface area (Å²) in [5, 5.41) is 53.6. The molecule has 0 fully saturated rings. The van der Waals surface area contributed by atoms with Crippen molar-refractivity contribution in [3.05, 3.63) is 71.9 Å². The SMILES string of the molecule is COc1ccc(-c2cnc3c(Nc4ccc(C(=O)NC[C@@H](O)[C@@H](O)[C@H](O)[C@H](O)CO)c(C)c4)nccn23)cc1F. The maximum Gasteiger partial charge on any atom is 0.251 e. The number of nitrogens with one attached hydrogen (secondary N) is 2. The summed E-state index contributed by atoms with van der Waals surface area (Å²) in [6, 6.07) is 9.57. The Balaban J connectivity index is 1.47. The van der Waals surface area contributed by atoms with Crippen molar-refractivity contribution >= 4 is 23.1 Å². The lowest BCUT2D eigenvalue weighted by atomic mass is 10.0. The van der Waals surface area contributed by atoms with Gasteiger partial charge in [-0.15, -0.1) is 0 Å². The summed E-state index contributed by atoms with van der Waals surface area (Å²) in [4.78, 5) is 21.5. The minimum absolute atomic E-state index is 0.138. The van der Waals surface area contributed by atoms with E-state index in [9.17, 15) is 29.6 Å². The van der Waals surface area contributed by atoms with Crippen molar-refractivity contribution in [1.29, 1.82) is 0 Å². The minimum Gasteiger partial charge on any atom is -0.494 e. The molecule has 0 aliphatic rings. The molecule has 1 amide bonds. The molecule has 212 valence electrons. The number of nitrogens with zero attached hydrogens (tertiary/aromatic N) is 3. The Hall–Kier alpha value is -4.14. The van der Waals surface area contributed by atoms with Gasteiger partial charge in [-0.05, 0) is 48.9 Å². The predicted molar refractivity (Wildman–Crippen MR) is 143 cm³/mol. The lowest BCUT2D eigenvalue weighted by molar-refractivity contribution is -0.113. The first-order valence-electron chi connectivity index (χ1n) is 12.3. The van der Waals surface area contributed by atoms with Crippen LogP contribution in [0.5, 0.6) is 5.75 Å². The zero-order valence-electron chi connectivity index (χ0n) is 21.7. The van der Waals surface area contributed by atoms with Crippen molar-refractivity contribution in [2.75, 3.05) is 25.6 Å². The monoisotopic (exact) mass is 555 g/mol. The molecule has 0 unspecified atom stereocenters. The zero-order valence-corrected chi connectivity index (χ0v) is 21.7. The minimum atomic E-state index is -1.79. The Labute approximate surface area is 228 Å². The molecule has 2 aromatic carbocycles. The summed E-state index contributed by atoms with van der Waals surface area (Å²) < 4.78 is 21.0. The summed E-state index contributed by atoms with van der Waals surface area (Å²) >= 11 is 0. The van der Waals surface area contributed by atoms with Gasteiger partial charge in [0.15, 0.2) is 23.0 Å². The number of methoxy groups -OCH3 is 1. The molecule has 2 heterocycles. The lowest BCUT2D eigenvalue weighted by Gasteiger charge is -2.25. The molecule has 4 rings (SSSR count). The van der Waals surface area contributed by atoms with Gasteiger partial charge in [-0.2, -0.15) is 0 Å². The van der Waals surface area contributed by atoms with E-state index in [0.717, 1.165) is 0 Å². The van der Waals surface area contributed by atoms with Crippen LogP contribution in [0.15, 0.2) is 55.0 Å². The third-order valence-corrected chi connectivity index (χ3v) is 6.41. The van der Waals surface area contributed by atoms with Crippen molar-refractivity contribution in [3.8, 4) is 17.0 Å². The fourth-order valence-corrected chi connectivity index (χ4v) is 4.16. The maximum atomic E-state index is 14.3. The fraction of sp³-hybridized carbons (Fsp3) is 0.296. The normalized spacial score (nSPS) is 14.4. The second kappa shape index (κ2) is 12.4. The van der Waals surface area contributed by atoms with Gasteiger partial charge in [0.2, 0.25) is 0 Å². The number of imidazole rings is 1. The summed E-state index contributed by atoms with van der Waals surface area (Å²) in [7, 11) is 1.40. The smallest absolute Gasteiger partial charge is 0.251 e. The highest BCUT2D eigenvalue weighted by Gasteiger charge is 2.30. The highest BCUT2D eigenvalue weighted by atomic mass is 19.1. The number of carbonyl (C=O) groups excluding carboxylic acids is 1. The van der Waals surface area contributed by atoms with Crippen LogP contribution in [-0.2, 0) is 0 Å². The molecule has 0 saturated carbocycles. The number of benzene rings is 2. The van der Waals surface area contributed by atoms with Crippen LogP contribution in [0, 0.1) is 12.7 Å². The Morgan fingerprint density at radius 2 is 1.82 bits per heavy atom. The average Bonchev–Trinajstić information content (AvgIpc) is 3.39. The molecule has 4 atom stereocenters. The number of aliphatic hydroxyl groups is 5. The molecule has 2 aromatic heterocycles. The van der Waals surface area contributed by atoms with Crippen molar-refractivity contribution in [2.45, 2.75) is 31.3 Å². The number of amides is 1. The Bertz CT molecular complexity index is 1500. The van der Waals surface area contributed by atoms with E-state index in [2.05, 4.69) is 20.6 Å². The standard InChI is InChI=1S/C27H30FN5O7/c1-14-9-16(4-5-17(14)27(39)31-12-20(35)23(37)24(38)21(36)13-34)32-25-26-30-11-19(33(26)8-7-29-25)15-3-6-22(40-2)18(28)10-15/h3-11,20-21,23-24,34-38H,12-13H2,1-2H3,(H,29,32)(H,31,39)/t20-,21-,23-,24-/m1/s1. The highest BCUT2D eigenvalue weighted by Crippen LogP contribution is 2.28. The second-order valence-electron chi connectivity index (χ2n) is 9.13. The number of ether oxygens (including phenoxy) is 1. The Kier molecular flexibility index (Phi) is 8.92. The highest BCUT2D eigenvalue weighted by molar-refractivity contribution is 5.96. The number of aryl methyl sites for hydroxylation is 1. The summed E-state index contributed by atoms with van der Waals surface area (Å²) in [6.45, 7) is 0.513. The molecule has 0 aliphatic carbocycles. The first-order chi connectivity index (χ1) is 19.1. The third-order valence-electron chi connectivity index (χ3n) is 6.41. The number of hydrogen-bond acceptors (Lipinski definition) is 10. The van der Waals surface area contributed by atoms with E-state index < -0.39 is 49.3 Å². The van der Waals surface area contributed by atoms with Gasteiger partial charge in [0.1, 0.15) is 18.3 Å². The van der Waals surface area contributed by atoms with Gasteiger partial charge in [0.05, 0.1) is 31.7 Å². The quantitative estimate of drug-likeness (QED) is 0.140. The average molecular weight is 556 g/mol. The van der Waals surface area contributed by atoms with E-state index in [1.54, 1.807) is 60.2 Å². The topological polar surface area (TPSA) is 182 Å². The number of hydrogen-bond donors (Lipinski definition) is 7. The number of aromatic nitrogens is 3. The van der Waals surface area contributed by atoms with Crippen LogP contribution in [-0.4, -0.2) is 90.5 Å². The summed E-state index contributed by atoms with van der Waals surface area (Å²) in [6.07, 6.45) is -1.90. The van der Waals surface area contributed by atoms with E-state index in [-0.39, 0.29) is 5.75 Å². The summed E-state index contributed by atoms with van der Waals surface area (Å²) in [5.41, 5.74) is 3.26. The molecule has 0 aliphatic heterocycles. The Morgan fingerprint density at radius 1 is 1.07 bits per heavy atom. The molecule has 7 N–H and O–H groups in total. The predicted octanol–water partition coefficient (Wildman–Crippen LogP) is 0.762. The summed E-state index contributed by atoms with van der Waals surface area (Å²) in [5.74, 6) is -0.456. The Morgan fingerprint density at radius 3 is 2.50 bits per heavy atom. The molecule has 40 heavy (non-hydrogen) atoms. The van der Waals surface area contributed by atoms with Crippen molar-refractivity contribution in [1.82, 2.24) is 19.7 Å². The number of anilines is 2. The van der Waals surface area contributed by atoms with Crippen LogP contribution in [0.25, 0.3) is 16.9 Å². The molecule has 0 spiro atoms. The molecule has 12 nitrogen and oxygen atoms in total. The van der Waals surface area contributed by atoms with Crippen molar-refractivity contribution in [3.63, 3.8) is 0 Å². The van der Waals surface area contributed by atoms with E-state index in [1.165, 1.54) is 13.2 Å². The number of carbonyl (C=O) groups is 1. The van der Waals surface area contributed by atoms with Gasteiger partial charge >= 0.3 is 0 Å². The van der Waals surface area contributed by atoms with Crippen molar-refractivity contribution < 1.29 is 39.5 Å². The van der Waals surface area contributed by atoms with Crippen LogP contribution in [0.1, 0.15) is 15.9 Å². The largest absolute Gasteiger partial charge is 0.494 e. The third kappa shape index (κ3) is 6.03. The molecule has 0 saturated heterocycles. The lowest BCUT2D eigenvalue weighted by Crippen LogP contribution is -2.49. The van der Waals surface area contributed by atoms with Gasteiger partial charge in [0.25, 0.3) is 5.91 Å². The van der Waals surface area contributed by atoms with Gasteiger partial charge in [-0.3, -0.25) is 9.20 Å². The number of halogens is 1. The van der Waals surface area contributed by atoms with Crippen LogP contribution in [0.2, 0.25) is 0 Å². The van der Waals surface area contributed by atoms with Crippen LogP contribution in [0.4, 0.5) is 15.9 Å². The van der Waals surface area contributed by atoms with Crippen LogP contribution >= 0.6 is 0 Å². The molecule has 4 aromatic rings. The molecular formula is C27H30FN5O7. The molecule has 0 radical (unpaired) electrons. The van der Waals surface area contributed by atoms with E-state index >= 15 is 0 Å². The van der Waals surface area contributed by atoms with Crippen LogP contribution in [0.3, 0.4) is 0 Å². The van der Waals surface area contributed by atoms with Crippen LogP contribution < -0.4 is 15.4 Å². The molecule has 13 heteroatoms. The van der Waals surface area contributed by atoms with Gasteiger partial charge < -0.3 is 40.9 Å². The van der Waals surface area contributed by atoms with Gasteiger partial charge in [-0.1, -0.05) is 0 Å².